The molecule has 2 aromatic carbocycles. The molecule has 1 N–H and O–H groups in total. The lowest BCUT2D eigenvalue weighted by atomic mass is 10.2. The molecule has 0 radical (unpaired) electrons. The van der Waals surface area contributed by atoms with E-state index in [2.05, 4.69) is 20.5 Å². The highest BCUT2D eigenvalue weighted by Crippen LogP contribution is 2.20. The van der Waals surface area contributed by atoms with Crippen LogP contribution in [0.1, 0.15) is 18.2 Å². The topological polar surface area (TPSA) is 125 Å². The molecule has 0 atom stereocenters. The monoisotopic (exact) mass is 404 g/mol. The van der Waals surface area contributed by atoms with Crippen molar-refractivity contribution in [3.8, 4) is 11.5 Å². The standard InChI is InChI=1S/C21H19N5O4/c1-2-30-18-9-6-16(7-10-18)24-21(19-5-3-4-12-22-19)25-23-14-15-13-17(26(28)29)8-11-20(15)27/h3-14,27H,2H2,1H3,(H,24,25)/p-1/b23-14-. The van der Waals surface area contributed by atoms with Gasteiger partial charge in [-0.15, -0.1) is 0 Å². The first-order chi connectivity index (χ1) is 14.6. The van der Waals surface area contributed by atoms with Crippen molar-refractivity contribution >= 4 is 23.4 Å². The zero-order valence-corrected chi connectivity index (χ0v) is 16.1. The average molecular weight is 404 g/mol. The van der Waals surface area contributed by atoms with Crippen molar-refractivity contribution in [2.75, 3.05) is 6.61 Å². The molecule has 0 bridgehead atoms. The molecular weight excluding hydrogens is 386 g/mol. The minimum absolute atomic E-state index is 0.0816. The van der Waals surface area contributed by atoms with Crippen LogP contribution in [0.2, 0.25) is 0 Å². The number of nitro benzene ring substituents is 1. The van der Waals surface area contributed by atoms with E-state index >= 15 is 0 Å². The van der Waals surface area contributed by atoms with Gasteiger partial charge in [0.05, 0.1) is 23.4 Å². The molecule has 30 heavy (non-hydrogen) atoms. The van der Waals surface area contributed by atoms with Crippen molar-refractivity contribution in [3.05, 3.63) is 88.2 Å². The van der Waals surface area contributed by atoms with Crippen LogP contribution < -0.4 is 15.3 Å². The summed E-state index contributed by atoms with van der Waals surface area (Å²) in [5, 5.41) is 26.9. The molecule has 0 amide bonds. The highest BCUT2D eigenvalue weighted by Gasteiger charge is 2.07. The van der Waals surface area contributed by atoms with E-state index in [1.165, 1.54) is 6.21 Å². The summed E-state index contributed by atoms with van der Waals surface area (Å²) in [6.07, 6.45) is 2.83. The highest BCUT2D eigenvalue weighted by molar-refractivity contribution is 5.99. The number of non-ortho nitro benzene ring substituents is 1. The fraction of sp³-hybridized carbons (Fsp3) is 0.0952. The number of aromatic nitrogens is 1. The largest absolute Gasteiger partial charge is 0.872 e. The van der Waals surface area contributed by atoms with Gasteiger partial charge < -0.3 is 9.84 Å². The van der Waals surface area contributed by atoms with Gasteiger partial charge in [0.15, 0.2) is 5.84 Å². The minimum Gasteiger partial charge on any atom is -0.872 e. The predicted molar refractivity (Wildman–Crippen MR) is 111 cm³/mol. The Bertz CT molecular complexity index is 1070. The summed E-state index contributed by atoms with van der Waals surface area (Å²) in [4.78, 5) is 19.1. The quantitative estimate of drug-likeness (QED) is 0.279. The third-order valence-corrected chi connectivity index (χ3v) is 3.87. The molecule has 0 fully saturated rings. The van der Waals surface area contributed by atoms with Gasteiger partial charge in [-0.3, -0.25) is 20.5 Å². The van der Waals surface area contributed by atoms with Crippen LogP contribution in [0.25, 0.3) is 0 Å². The Hall–Kier alpha value is -4.27. The van der Waals surface area contributed by atoms with Gasteiger partial charge in [0, 0.05) is 18.3 Å². The van der Waals surface area contributed by atoms with Gasteiger partial charge in [-0.1, -0.05) is 17.9 Å². The van der Waals surface area contributed by atoms with E-state index in [0.717, 1.165) is 23.9 Å². The molecule has 0 aliphatic heterocycles. The second-order valence-electron chi connectivity index (χ2n) is 5.95. The lowest BCUT2D eigenvalue weighted by Crippen LogP contribution is -2.20. The molecule has 3 rings (SSSR count). The van der Waals surface area contributed by atoms with Crippen molar-refractivity contribution in [2.45, 2.75) is 6.92 Å². The van der Waals surface area contributed by atoms with Crippen LogP contribution in [-0.2, 0) is 0 Å². The smallest absolute Gasteiger partial charge is 0.270 e. The van der Waals surface area contributed by atoms with Gasteiger partial charge in [-0.05, 0) is 48.9 Å². The Morgan fingerprint density at radius 3 is 2.67 bits per heavy atom. The van der Waals surface area contributed by atoms with E-state index in [0.29, 0.717) is 23.8 Å². The van der Waals surface area contributed by atoms with Crippen molar-refractivity contribution in [3.63, 3.8) is 0 Å². The van der Waals surface area contributed by atoms with Crippen molar-refractivity contribution < 1.29 is 14.8 Å². The van der Waals surface area contributed by atoms with Crippen molar-refractivity contribution in [1.82, 2.24) is 10.4 Å². The van der Waals surface area contributed by atoms with Gasteiger partial charge in [-0.25, -0.2) is 4.99 Å². The molecule has 0 aliphatic rings. The third-order valence-electron chi connectivity index (χ3n) is 3.87. The van der Waals surface area contributed by atoms with E-state index in [9.17, 15) is 15.2 Å². The number of aliphatic imine (C=N–C) groups is 1. The summed E-state index contributed by atoms with van der Waals surface area (Å²) in [6.45, 7) is 2.47. The van der Waals surface area contributed by atoms with Crippen LogP contribution in [0.15, 0.2) is 77.0 Å². The number of hydrogen-bond donors (Lipinski definition) is 1. The summed E-state index contributed by atoms with van der Waals surface area (Å²) < 4.78 is 5.42. The number of nitrogens with zero attached hydrogens (tertiary/aromatic N) is 4. The fourth-order valence-corrected chi connectivity index (χ4v) is 2.47. The lowest BCUT2D eigenvalue weighted by Gasteiger charge is -2.09. The van der Waals surface area contributed by atoms with Gasteiger partial charge >= 0.3 is 0 Å². The van der Waals surface area contributed by atoms with Gasteiger partial charge in [-0.2, -0.15) is 5.10 Å². The SMILES string of the molecule is CCOc1ccc(N=C(N/N=C\c2cc([N+](=O)[O-])ccc2[O-])c2ccccn2)cc1. The number of pyridine rings is 1. The molecule has 9 heteroatoms. The van der Waals surface area contributed by atoms with Crippen LogP contribution >= 0.6 is 0 Å². The van der Waals surface area contributed by atoms with Crippen LogP contribution in [0.5, 0.6) is 11.5 Å². The van der Waals surface area contributed by atoms with Gasteiger partial charge in [0.2, 0.25) is 0 Å². The van der Waals surface area contributed by atoms with Crippen molar-refractivity contribution in [2.24, 2.45) is 10.1 Å². The zero-order valence-electron chi connectivity index (χ0n) is 16.1. The number of nitrogens with one attached hydrogen (secondary N) is 1. The Kier molecular flexibility index (Phi) is 6.67. The molecule has 0 saturated carbocycles. The fourth-order valence-electron chi connectivity index (χ4n) is 2.47. The summed E-state index contributed by atoms with van der Waals surface area (Å²) in [5.74, 6) is 0.693. The van der Waals surface area contributed by atoms with Gasteiger partial charge in [0.1, 0.15) is 11.4 Å². The van der Waals surface area contributed by atoms with Crippen molar-refractivity contribution in [1.29, 1.82) is 0 Å². The number of rotatable bonds is 7. The number of hydrogen-bond acceptors (Lipinski definition) is 7. The summed E-state index contributed by atoms with van der Waals surface area (Å²) >= 11 is 0. The molecule has 1 aromatic heterocycles. The minimum atomic E-state index is -0.573. The first-order valence-electron chi connectivity index (χ1n) is 9.04. The van der Waals surface area contributed by atoms with E-state index in [1.54, 1.807) is 48.7 Å². The highest BCUT2D eigenvalue weighted by atomic mass is 16.6. The summed E-state index contributed by atoms with van der Waals surface area (Å²) in [5.41, 5.74) is 3.83. The van der Waals surface area contributed by atoms with Crippen LogP contribution in [0.4, 0.5) is 11.4 Å². The maximum atomic E-state index is 11.9. The Morgan fingerprint density at radius 1 is 1.20 bits per heavy atom. The lowest BCUT2D eigenvalue weighted by molar-refractivity contribution is -0.385. The molecule has 3 aromatic rings. The third kappa shape index (κ3) is 5.38. The molecule has 0 saturated heterocycles. The number of benzene rings is 2. The molecule has 1 heterocycles. The van der Waals surface area contributed by atoms with Crippen LogP contribution in [-0.4, -0.2) is 28.6 Å². The first-order valence-corrected chi connectivity index (χ1v) is 9.04. The molecular formula is C21H18N5O4-. The molecule has 9 nitrogen and oxygen atoms in total. The maximum Gasteiger partial charge on any atom is 0.270 e. The second kappa shape index (κ2) is 9.78. The molecule has 152 valence electrons. The first kappa shape index (κ1) is 20.5. The van der Waals surface area contributed by atoms with E-state index in [1.807, 2.05) is 6.92 Å². The number of hydrazone groups is 1. The van der Waals surface area contributed by atoms with E-state index in [4.69, 9.17) is 4.74 Å². The zero-order chi connectivity index (χ0) is 21.3. The predicted octanol–water partition coefficient (Wildman–Crippen LogP) is 3.16. The maximum absolute atomic E-state index is 11.9. The van der Waals surface area contributed by atoms with E-state index in [-0.39, 0.29) is 17.0 Å². The molecule has 0 unspecified atom stereocenters. The van der Waals surface area contributed by atoms with E-state index < -0.39 is 4.92 Å². The Labute approximate surface area is 172 Å². The molecule has 0 spiro atoms. The van der Waals surface area contributed by atoms with Gasteiger partial charge in [0.25, 0.3) is 5.69 Å². The Morgan fingerprint density at radius 2 is 2.00 bits per heavy atom. The second-order valence-corrected chi connectivity index (χ2v) is 5.95. The Balaban J connectivity index is 1.86. The summed E-state index contributed by atoms with van der Waals surface area (Å²) in [6, 6.07) is 16.0. The summed E-state index contributed by atoms with van der Waals surface area (Å²) in [7, 11) is 0. The average Bonchev–Trinajstić information content (AvgIpc) is 2.76. The number of ether oxygens (including phenoxy) is 1. The number of nitro groups is 1. The number of amidine groups is 1. The van der Waals surface area contributed by atoms with Crippen LogP contribution in [0, 0.1) is 10.1 Å². The molecule has 0 aliphatic carbocycles. The normalized spacial score (nSPS) is 11.4. The van der Waals surface area contributed by atoms with Crippen LogP contribution in [0.3, 0.4) is 0 Å².